The SMILES string of the molecule is Cc1cc(C(=O)N(Cc2ccccn2)c2nc3c(F)cccc3s2)n(C(C)C)n1. The predicted octanol–water partition coefficient (Wildman–Crippen LogP) is 4.76. The third-order valence-electron chi connectivity index (χ3n) is 4.45. The first-order valence-corrected chi connectivity index (χ1v) is 10.1. The Hall–Kier alpha value is -3.13. The number of hydrogen-bond donors (Lipinski definition) is 0. The number of thiazole rings is 1. The predicted molar refractivity (Wildman–Crippen MR) is 112 cm³/mol. The van der Waals surface area contributed by atoms with Gasteiger partial charge in [0.05, 0.1) is 22.6 Å². The highest BCUT2D eigenvalue weighted by Crippen LogP contribution is 2.32. The highest BCUT2D eigenvalue weighted by molar-refractivity contribution is 7.22. The minimum Gasteiger partial charge on any atom is -0.277 e. The number of hydrogen-bond acceptors (Lipinski definition) is 5. The van der Waals surface area contributed by atoms with E-state index in [1.165, 1.54) is 17.4 Å². The van der Waals surface area contributed by atoms with Crippen molar-refractivity contribution in [2.75, 3.05) is 4.90 Å². The Bertz CT molecular complexity index is 1170. The number of aromatic nitrogens is 4. The molecule has 0 aliphatic rings. The van der Waals surface area contributed by atoms with Crippen LogP contribution in [0.2, 0.25) is 0 Å². The van der Waals surface area contributed by atoms with Crippen molar-refractivity contribution in [1.29, 1.82) is 0 Å². The number of carbonyl (C=O) groups excluding carboxylic acids is 1. The Morgan fingerprint density at radius 3 is 2.76 bits per heavy atom. The third kappa shape index (κ3) is 3.75. The molecule has 3 heterocycles. The second-order valence-corrected chi connectivity index (χ2v) is 8.01. The number of aryl methyl sites for hydroxylation is 1. The average molecular weight is 409 g/mol. The van der Waals surface area contributed by atoms with E-state index >= 15 is 0 Å². The number of pyridine rings is 1. The summed E-state index contributed by atoms with van der Waals surface area (Å²) < 4.78 is 16.6. The molecule has 1 amide bonds. The van der Waals surface area contributed by atoms with Gasteiger partial charge in [-0.1, -0.05) is 23.5 Å². The lowest BCUT2D eigenvalue weighted by atomic mass is 10.2. The number of benzene rings is 1. The van der Waals surface area contributed by atoms with E-state index in [2.05, 4.69) is 15.1 Å². The zero-order valence-electron chi connectivity index (χ0n) is 16.3. The van der Waals surface area contributed by atoms with Gasteiger partial charge in [-0.05, 0) is 51.1 Å². The molecule has 0 N–H and O–H groups in total. The van der Waals surface area contributed by atoms with Gasteiger partial charge in [-0.2, -0.15) is 5.10 Å². The van der Waals surface area contributed by atoms with Gasteiger partial charge in [0.2, 0.25) is 0 Å². The van der Waals surface area contributed by atoms with Crippen LogP contribution in [0.15, 0.2) is 48.7 Å². The molecule has 0 saturated heterocycles. The Balaban J connectivity index is 1.81. The second-order valence-electron chi connectivity index (χ2n) is 7.00. The molecule has 0 aliphatic carbocycles. The van der Waals surface area contributed by atoms with Crippen molar-refractivity contribution in [2.45, 2.75) is 33.4 Å². The van der Waals surface area contributed by atoms with Gasteiger partial charge in [-0.15, -0.1) is 0 Å². The van der Waals surface area contributed by atoms with Crippen molar-refractivity contribution < 1.29 is 9.18 Å². The Morgan fingerprint density at radius 2 is 2.07 bits per heavy atom. The van der Waals surface area contributed by atoms with Crippen LogP contribution >= 0.6 is 11.3 Å². The van der Waals surface area contributed by atoms with Crippen LogP contribution in [-0.4, -0.2) is 25.7 Å². The van der Waals surface area contributed by atoms with E-state index in [1.807, 2.05) is 39.0 Å². The molecule has 4 aromatic rings. The lowest BCUT2D eigenvalue weighted by Gasteiger charge is -2.21. The lowest BCUT2D eigenvalue weighted by molar-refractivity contribution is 0.0972. The van der Waals surface area contributed by atoms with Crippen LogP contribution in [-0.2, 0) is 6.54 Å². The molecule has 29 heavy (non-hydrogen) atoms. The quantitative estimate of drug-likeness (QED) is 0.477. The van der Waals surface area contributed by atoms with Crippen LogP contribution in [0.5, 0.6) is 0 Å². The average Bonchev–Trinajstić information content (AvgIpc) is 3.31. The van der Waals surface area contributed by atoms with Gasteiger partial charge in [0.15, 0.2) is 5.13 Å². The van der Waals surface area contributed by atoms with Crippen LogP contribution in [0.1, 0.15) is 41.8 Å². The van der Waals surface area contributed by atoms with Crippen LogP contribution in [0.3, 0.4) is 0 Å². The van der Waals surface area contributed by atoms with Crippen LogP contribution in [0, 0.1) is 12.7 Å². The maximum atomic E-state index is 14.2. The number of para-hydroxylation sites is 1. The van der Waals surface area contributed by atoms with E-state index in [4.69, 9.17) is 0 Å². The largest absolute Gasteiger partial charge is 0.278 e. The maximum Gasteiger partial charge on any atom is 0.278 e. The fourth-order valence-electron chi connectivity index (χ4n) is 3.11. The molecule has 148 valence electrons. The number of carbonyl (C=O) groups is 1. The fourth-order valence-corrected chi connectivity index (χ4v) is 4.08. The molecular weight excluding hydrogens is 389 g/mol. The van der Waals surface area contributed by atoms with Gasteiger partial charge in [-0.3, -0.25) is 19.4 Å². The molecule has 8 heteroatoms. The lowest BCUT2D eigenvalue weighted by Crippen LogP contribution is -2.32. The van der Waals surface area contributed by atoms with Crippen molar-refractivity contribution in [3.63, 3.8) is 0 Å². The summed E-state index contributed by atoms with van der Waals surface area (Å²) in [4.78, 5) is 23.9. The van der Waals surface area contributed by atoms with Crippen LogP contribution < -0.4 is 4.90 Å². The first-order chi connectivity index (χ1) is 13.9. The minimum atomic E-state index is -0.404. The fraction of sp³-hybridized carbons (Fsp3) is 0.238. The van der Waals surface area contributed by atoms with Crippen LogP contribution in [0.25, 0.3) is 10.2 Å². The minimum absolute atomic E-state index is 0.0205. The van der Waals surface area contributed by atoms with Gasteiger partial charge in [0.1, 0.15) is 17.0 Å². The zero-order chi connectivity index (χ0) is 20.5. The van der Waals surface area contributed by atoms with E-state index in [9.17, 15) is 9.18 Å². The zero-order valence-corrected chi connectivity index (χ0v) is 17.2. The highest BCUT2D eigenvalue weighted by atomic mass is 32.1. The van der Waals surface area contributed by atoms with Gasteiger partial charge in [-0.25, -0.2) is 9.37 Å². The first-order valence-electron chi connectivity index (χ1n) is 9.27. The van der Waals surface area contributed by atoms with E-state index in [-0.39, 0.29) is 24.0 Å². The molecule has 0 aliphatic heterocycles. The smallest absolute Gasteiger partial charge is 0.277 e. The number of anilines is 1. The molecule has 3 aromatic heterocycles. The summed E-state index contributed by atoms with van der Waals surface area (Å²) in [5.74, 6) is -0.650. The van der Waals surface area contributed by atoms with Gasteiger partial charge in [0, 0.05) is 12.2 Å². The summed E-state index contributed by atoms with van der Waals surface area (Å²) in [6.07, 6.45) is 1.68. The Morgan fingerprint density at radius 1 is 1.24 bits per heavy atom. The van der Waals surface area contributed by atoms with Crippen LogP contribution in [0.4, 0.5) is 9.52 Å². The Labute approximate surface area is 171 Å². The maximum absolute atomic E-state index is 14.2. The molecule has 4 rings (SSSR count). The topological polar surface area (TPSA) is 63.9 Å². The van der Waals surface area contributed by atoms with E-state index in [1.54, 1.807) is 34.0 Å². The molecular formula is C21H20FN5OS. The third-order valence-corrected chi connectivity index (χ3v) is 5.49. The number of rotatable bonds is 5. The van der Waals surface area contributed by atoms with Crippen molar-refractivity contribution in [1.82, 2.24) is 19.7 Å². The molecule has 0 fully saturated rings. The summed E-state index contributed by atoms with van der Waals surface area (Å²) in [7, 11) is 0. The monoisotopic (exact) mass is 409 g/mol. The van der Waals surface area contributed by atoms with Crippen molar-refractivity contribution in [3.05, 3.63) is 71.6 Å². The second kappa shape index (κ2) is 7.71. The summed E-state index contributed by atoms with van der Waals surface area (Å²) >= 11 is 1.28. The number of fused-ring (bicyclic) bond motifs is 1. The summed E-state index contributed by atoms with van der Waals surface area (Å²) in [5.41, 5.74) is 2.20. The number of amides is 1. The van der Waals surface area contributed by atoms with E-state index < -0.39 is 5.82 Å². The number of nitrogens with zero attached hydrogens (tertiary/aromatic N) is 5. The van der Waals surface area contributed by atoms with Gasteiger partial charge >= 0.3 is 0 Å². The normalized spacial score (nSPS) is 11.3. The number of halogens is 1. The molecule has 6 nitrogen and oxygen atoms in total. The van der Waals surface area contributed by atoms with Crippen molar-refractivity contribution >= 4 is 32.6 Å². The molecule has 1 aromatic carbocycles. The summed E-state index contributed by atoms with van der Waals surface area (Å²) in [6.45, 7) is 6.02. The molecule has 0 saturated carbocycles. The molecule has 0 radical (unpaired) electrons. The summed E-state index contributed by atoms with van der Waals surface area (Å²) in [6, 6.07) is 12.1. The summed E-state index contributed by atoms with van der Waals surface area (Å²) in [5, 5.41) is 4.87. The molecule has 0 atom stereocenters. The van der Waals surface area contributed by atoms with Gasteiger partial charge < -0.3 is 0 Å². The highest BCUT2D eigenvalue weighted by Gasteiger charge is 2.26. The molecule has 0 unspecified atom stereocenters. The van der Waals surface area contributed by atoms with Gasteiger partial charge in [0.25, 0.3) is 5.91 Å². The van der Waals surface area contributed by atoms with Crippen molar-refractivity contribution in [2.24, 2.45) is 0 Å². The van der Waals surface area contributed by atoms with E-state index in [0.29, 0.717) is 21.2 Å². The van der Waals surface area contributed by atoms with Crippen molar-refractivity contribution in [3.8, 4) is 0 Å². The standard InChI is InChI=1S/C21H20FN5OS/c1-13(2)27-17(11-14(3)25-27)20(28)26(12-15-7-4-5-10-23-15)21-24-19-16(22)8-6-9-18(19)29-21/h4-11,13H,12H2,1-3H3. The first kappa shape index (κ1) is 19.2. The Kier molecular flexibility index (Phi) is 5.10. The molecule has 0 bridgehead atoms. The van der Waals surface area contributed by atoms with E-state index in [0.717, 1.165) is 5.69 Å². The molecule has 0 spiro atoms.